The van der Waals surface area contributed by atoms with Crippen LogP contribution in [0.5, 0.6) is 5.88 Å². The zero-order valence-corrected chi connectivity index (χ0v) is 22.9. The fourth-order valence-electron chi connectivity index (χ4n) is 5.36. The van der Waals surface area contributed by atoms with Gasteiger partial charge in [-0.25, -0.2) is 14.4 Å². The Bertz CT molecular complexity index is 1420. The highest BCUT2D eigenvalue weighted by Crippen LogP contribution is 2.38. The van der Waals surface area contributed by atoms with Crippen LogP contribution in [0, 0.1) is 12.7 Å². The molecule has 3 aromatic rings. The molecule has 1 N–H and O–H groups in total. The Balaban J connectivity index is 1.41. The molecular weight excluding hydrogens is 546 g/mol. The number of nitrogens with zero attached hydrogens (tertiary/aromatic N) is 4. The Morgan fingerprint density at radius 1 is 1.17 bits per heavy atom. The second-order valence-electron chi connectivity index (χ2n) is 10.2. The van der Waals surface area contributed by atoms with Gasteiger partial charge in [0, 0.05) is 24.2 Å². The average Bonchev–Trinajstić information content (AvgIpc) is 2.96. The number of halogens is 4. The first kappa shape index (κ1) is 28.9. The van der Waals surface area contributed by atoms with Gasteiger partial charge in [0.2, 0.25) is 5.88 Å². The zero-order chi connectivity index (χ0) is 29.3. The SMILES string of the molecule is COc1nc2nc(C)nc(N[C@H](C)c3cccc(C(F)(F)F)c3F)c2cc1C1CCN(C(=O)[C@H]2COCCO2)CC1. The number of rotatable bonds is 6. The molecule has 2 saturated heterocycles. The number of alkyl halides is 3. The quantitative estimate of drug-likeness (QED) is 0.418. The summed E-state index contributed by atoms with van der Waals surface area (Å²) in [7, 11) is 1.52. The summed E-state index contributed by atoms with van der Waals surface area (Å²) in [4.78, 5) is 28.1. The Hall–Kier alpha value is -3.58. The first-order valence-electron chi connectivity index (χ1n) is 13.4. The Labute approximate surface area is 234 Å². The molecule has 220 valence electrons. The van der Waals surface area contributed by atoms with Crippen LogP contribution in [0.4, 0.5) is 23.4 Å². The maximum Gasteiger partial charge on any atom is 0.419 e. The normalized spacial score (nSPS) is 19.3. The number of likely N-dealkylation sites (tertiary alicyclic amines) is 1. The van der Waals surface area contributed by atoms with E-state index in [9.17, 15) is 22.4 Å². The van der Waals surface area contributed by atoms with E-state index >= 15 is 0 Å². The predicted molar refractivity (Wildman–Crippen MR) is 141 cm³/mol. The number of methoxy groups -OCH3 is 1. The highest BCUT2D eigenvalue weighted by Gasteiger charge is 2.36. The van der Waals surface area contributed by atoms with E-state index in [1.807, 2.05) is 6.07 Å². The van der Waals surface area contributed by atoms with Gasteiger partial charge in [-0.05, 0) is 44.7 Å². The summed E-state index contributed by atoms with van der Waals surface area (Å²) in [6.45, 7) is 5.39. The molecule has 0 radical (unpaired) electrons. The number of pyridine rings is 1. The molecule has 2 aliphatic heterocycles. The second-order valence-corrected chi connectivity index (χ2v) is 10.2. The van der Waals surface area contributed by atoms with Crippen LogP contribution in [0.1, 0.15) is 54.2 Å². The van der Waals surface area contributed by atoms with E-state index in [1.165, 1.54) is 19.2 Å². The van der Waals surface area contributed by atoms with Crippen molar-refractivity contribution in [2.24, 2.45) is 0 Å². The van der Waals surface area contributed by atoms with Crippen LogP contribution in [0.25, 0.3) is 11.0 Å². The van der Waals surface area contributed by atoms with E-state index in [0.29, 0.717) is 73.8 Å². The van der Waals surface area contributed by atoms with Gasteiger partial charge in [-0.1, -0.05) is 12.1 Å². The van der Waals surface area contributed by atoms with Gasteiger partial charge >= 0.3 is 6.18 Å². The molecule has 5 rings (SSSR count). The fraction of sp³-hybridized carbons (Fsp3) is 0.500. The van der Waals surface area contributed by atoms with Gasteiger partial charge in [0.1, 0.15) is 17.5 Å². The van der Waals surface area contributed by atoms with E-state index in [1.54, 1.807) is 18.7 Å². The average molecular weight is 578 g/mol. The summed E-state index contributed by atoms with van der Waals surface area (Å²) in [5, 5.41) is 3.59. The van der Waals surface area contributed by atoms with E-state index in [4.69, 9.17) is 14.2 Å². The van der Waals surface area contributed by atoms with Gasteiger partial charge in [0.15, 0.2) is 11.8 Å². The number of piperidine rings is 1. The lowest BCUT2D eigenvalue weighted by molar-refractivity contribution is -0.159. The molecule has 2 aliphatic rings. The molecule has 13 heteroatoms. The van der Waals surface area contributed by atoms with Gasteiger partial charge in [-0.3, -0.25) is 4.79 Å². The van der Waals surface area contributed by atoms with Crippen LogP contribution in [-0.4, -0.2) is 71.9 Å². The van der Waals surface area contributed by atoms with E-state index in [0.717, 1.165) is 5.56 Å². The summed E-state index contributed by atoms with van der Waals surface area (Å²) in [5.41, 5.74) is -0.332. The largest absolute Gasteiger partial charge is 0.481 e. The summed E-state index contributed by atoms with van der Waals surface area (Å²) in [5.74, 6) is -0.316. The van der Waals surface area contributed by atoms with Crippen molar-refractivity contribution in [3.8, 4) is 5.88 Å². The number of nitrogens with one attached hydrogen (secondary N) is 1. The number of fused-ring (bicyclic) bond motifs is 1. The lowest BCUT2D eigenvalue weighted by Gasteiger charge is -2.35. The number of hydrogen-bond donors (Lipinski definition) is 1. The standard InChI is InChI=1S/C28H31F4N5O4/c1-15(18-5-4-6-21(23(18)29)28(30,31)32)33-24-20-13-19(26(39-3)36-25(20)35-16(2)34-24)17-7-9-37(10-8-17)27(38)22-14-40-11-12-41-22/h4-6,13,15,17,22H,7-12,14H2,1-3H3,(H,33,34,35,36)/t15-,22-/m1/s1. The molecule has 1 amide bonds. The number of carbonyl (C=O) groups is 1. The molecule has 2 atom stereocenters. The minimum absolute atomic E-state index is 0.0157. The third-order valence-electron chi connectivity index (χ3n) is 7.48. The third-order valence-corrected chi connectivity index (χ3v) is 7.48. The van der Waals surface area contributed by atoms with Gasteiger partial charge < -0.3 is 24.4 Å². The number of aryl methyl sites for hydroxylation is 1. The van der Waals surface area contributed by atoms with Crippen LogP contribution >= 0.6 is 0 Å². The third kappa shape index (κ3) is 6.05. The molecule has 2 fully saturated rings. The van der Waals surface area contributed by atoms with Crippen molar-refractivity contribution in [1.82, 2.24) is 19.9 Å². The predicted octanol–water partition coefficient (Wildman–Crippen LogP) is 4.79. The molecule has 9 nitrogen and oxygen atoms in total. The number of hydrogen-bond acceptors (Lipinski definition) is 8. The van der Waals surface area contributed by atoms with Crippen molar-refractivity contribution in [1.29, 1.82) is 0 Å². The first-order chi connectivity index (χ1) is 19.6. The van der Waals surface area contributed by atoms with Crippen molar-refractivity contribution in [3.05, 3.63) is 52.6 Å². The molecule has 4 heterocycles. The van der Waals surface area contributed by atoms with Gasteiger partial charge in [0.05, 0.1) is 43.9 Å². The number of aromatic nitrogens is 3. The minimum Gasteiger partial charge on any atom is -0.481 e. The monoisotopic (exact) mass is 577 g/mol. The van der Waals surface area contributed by atoms with Crippen molar-refractivity contribution in [3.63, 3.8) is 0 Å². The molecular formula is C28H31F4N5O4. The topological polar surface area (TPSA) is 98.7 Å². The zero-order valence-electron chi connectivity index (χ0n) is 22.9. The molecule has 0 saturated carbocycles. The lowest BCUT2D eigenvalue weighted by atomic mass is 9.89. The molecule has 1 aromatic carbocycles. The summed E-state index contributed by atoms with van der Waals surface area (Å²) >= 11 is 0. The Morgan fingerprint density at radius 3 is 2.59 bits per heavy atom. The number of ether oxygens (including phenoxy) is 3. The summed E-state index contributed by atoms with van der Waals surface area (Å²) in [6, 6.07) is 4.22. The maximum atomic E-state index is 14.9. The highest BCUT2D eigenvalue weighted by molar-refractivity contribution is 5.88. The van der Waals surface area contributed by atoms with Crippen LogP contribution < -0.4 is 10.1 Å². The number of anilines is 1. The van der Waals surface area contributed by atoms with E-state index < -0.39 is 29.7 Å². The van der Waals surface area contributed by atoms with Crippen molar-refractivity contribution in [2.45, 2.75) is 50.9 Å². The van der Waals surface area contributed by atoms with Crippen molar-refractivity contribution < 1.29 is 36.6 Å². The molecule has 41 heavy (non-hydrogen) atoms. The van der Waals surface area contributed by atoms with E-state index in [2.05, 4.69) is 20.3 Å². The number of carbonyl (C=O) groups excluding carboxylic acids is 1. The maximum absolute atomic E-state index is 14.9. The van der Waals surface area contributed by atoms with Crippen LogP contribution in [0.3, 0.4) is 0 Å². The van der Waals surface area contributed by atoms with Crippen molar-refractivity contribution >= 4 is 22.8 Å². The van der Waals surface area contributed by atoms with Crippen LogP contribution in [0.2, 0.25) is 0 Å². The number of amides is 1. The molecule has 0 aliphatic carbocycles. The smallest absolute Gasteiger partial charge is 0.419 e. The lowest BCUT2D eigenvalue weighted by Crippen LogP contribution is -2.47. The summed E-state index contributed by atoms with van der Waals surface area (Å²) < 4.78 is 71.3. The van der Waals surface area contributed by atoms with E-state index in [-0.39, 0.29) is 24.0 Å². The Morgan fingerprint density at radius 2 is 1.93 bits per heavy atom. The Kier molecular flexibility index (Phi) is 8.28. The highest BCUT2D eigenvalue weighted by atomic mass is 19.4. The number of benzene rings is 1. The summed E-state index contributed by atoms with van der Waals surface area (Å²) in [6.07, 6.45) is -4.09. The molecule has 0 spiro atoms. The first-order valence-corrected chi connectivity index (χ1v) is 13.4. The molecule has 2 aromatic heterocycles. The van der Waals surface area contributed by atoms with Gasteiger partial charge in [0.25, 0.3) is 5.91 Å². The van der Waals surface area contributed by atoms with Gasteiger partial charge in [-0.15, -0.1) is 0 Å². The van der Waals surface area contributed by atoms with Crippen LogP contribution in [-0.2, 0) is 20.4 Å². The molecule has 0 bridgehead atoms. The van der Waals surface area contributed by atoms with Gasteiger partial charge in [-0.2, -0.15) is 18.2 Å². The fourth-order valence-corrected chi connectivity index (χ4v) is 5.36. The minimum atomic E-state index is -4.81. The van der Waals surface area contributed by atoms with Crippen LogP contribution in [0.15, 0.2) is 24.3 Å². The second kappa shape index (κ2) is 11.7. The molecule has 0 unspecified atom stereocenters. The van der Waals surface area contributed by atoms with Crippen molar-refractivity contribution in [2.75, 3.05) is 45.3 Å².